The third-order valence-corrected chi connectivity index (χ3v) is 7.61. The lowest BCUT2D eigenvalue weighted by Gasteiger charge is -2.30. The minimum Gasteiger partial charge on any atom is -0.504 e. The van der Waals surface area contributed by atoms with E-state index in [0.29, 0.717) is 18.2 Å². The van der Waals surface area contributed by atoms with Gasteiger partial charge in [0.25, 0.3) is 5.91 Å². The van der Waals surface area contributed by atoms with Gasteiger partial charge in [-0.3, -0.25) is 4.79 Å². The number of amides is 1. The molecule has 3 aromatic rings. The number of nitrogens with zero attached hydrogens (tertiary/aromatic N) is 1. The molecule has 0 aromatic heterocycles. The van der Waals surface area contributed by atoms with E-state index in [9.17, 15) is 44.7 Å². The zero-order valence-corrected chi connectivity index (χ0v) is 21.5. The largest absolute Gasteiger partial charge is 0.504 e. The first-order valence-electron chi connectivity index (χ1n) is 11.8. The molecule has 3 aromatic carbocycles. The van der Waals surface area contributed by atoms with Crippen LogP contribution in [0, 0.1) is 17.5 Å². The minimum absolute atomic E-state index is 0.144. The van der Waals surface area contributed by atoms with Crippen LogP contribution in [0.5, 0.6) is 11.5 Å². The number of nitrogens with one attached hydrogen (secondary N) is 1. The summed E-state index contributed by atoms with van der Waals surface area (Å²) in [4.78, 5) is 12.9. The van der Waals surface area contributed by atoms with Gasteiger partial charge in [0.05, 0.1) is 17.4 Å². The number of phenolic OH excluding ortho intramolecular Hbond substituents is 1. The molecular weight excluding hydrogens is 566 g/mol. The molecule has 0 atom stereocenters. The Bertz CT molecular complexity index is 1550. The maximum absolute atomic E-state index is 14.9. The molecule has 0 spiro atoms. The van der Waals surface area contributed by atoms with E-state index in [1.54, 1.807) is 0 Å². The van der Waals surface area contributed by atoms with Crippen LogP contribution in [-0.4, -0.2) is 49.2 Å². The van der Waals surface area contributed by atoms with Crippen molar-refractivity contribution in [3.8, 4) is 22.6 Å². The quantitative estimate of drug-likeness (QED) is 0.368. The van der Waals surface area contributed by atoms with Crippen molar-refractivity contribution in [2.45, 2.75) is 25.1 Å². The second-order valence-electron chi connectivity index (χ2n) is 9.09. The summed E-state index contributed by atoms with van der Waals surface area (Å²) in [5.41, 5.74) is -2.90. The monoisotopic (exact) mass is 588 g/mol. The normalized spacial score (nSPS) is 15.2. The molecule has 0 unspecified atom stereocenters. The number of rotatable bonds is 6. The summed E-state index contributed by atoms with van der Waals surface area (Å²) in [7, 11) is -3.39. The van der Waals surface area contributed by atoms with E-state index in [-0.39, 0.29) is 37.1 Å². The number of sulfonamides is 1. The molecule has 1 fully saturated rings. The Morgan fingerprint density at radius 2 is 1.65 bits per heavy atom. The third-order valence-electron chi connectivity index (χ3n) is 6.31. The molecule has 0 saturated carbocycles. The van der Waals surface area contributed by atoms with Gasteiger partial charge in [0.15, 0.2) is 11.5 Å². The van der Waals surface area contributed by atoms with Gasteiger partial charge in [0.1, 0.15) is 17.7 Å². The lowest BCUT2D eigenvalue weighted by atomic mass is 10.00. The molecular formula is C26H22F6N2O5S. The number of alkyl halides is 3. The van der Waals surface area contributed by atoms with Gasteiger partial charge in [-0.2, -0.15) is 17.6 Å². The topological polar surface area (TPSA) is 95.9 Å². The number of carbonyl (C=O) groups excluding carboxylic acids is 1. The number of hydrogen-bond acceptors (Lipinski definition) is 5. The van der Waals surface area contributed by atoms with E-state index in [1.165, 1.54) is 4.31 Å². The molecule has 2 N–H and O–H groups in total. The van der Waals surface area contributed by atoms with Crippen LogP contribution in [0.15, 0.2) is 48.5 Å². The molecule has 1 aliphatic rings. The highest BCUT2D eigenvalue weighted by Crippen LogP contribution is 2.38. The Morgan fingerprint density at radius 1 is 1.00 bits per heavy atom. The van der Waals surface area contributed by atoms with E-state index in [4.69, 9.17) is 4.74 Å². The van der Waals surface area contributed by atoms with Crippen LogP contribution in [0.25, 0.3) is 11.1 Å². The number of aromatic hydroxyl groups is 1. The van der Waals surface area contributed by atoms with E-state index in [2.05, 4.69) is 5.32 Å². The molecule has 1 heterocycles. The lowest BCUT2D eigenvalue weighted by molar-refractivity contribution is -0.137. The predicted molar refractivity (Wildman–Crippen MR) is 133 cm³/mol. The second kappa shape index (κ2) is 11.0. The molecule has 1 saturated heterocycles. The SMILES string of the molecule is CS(=O)(=O)N1CCC(Oc2ccc(C(=O)Nc3cc(C(F)(F)F)ccc3-c3ccc(F)cc3F)c(O)c2F)CC1. The molecule has 0 radical (unpaired) electrons. The summed E-state index contributed by atoms with van der Waals surface area (Å²) in [6.45, 7) is 0.289. The fraction of sp³-hybridized carbons (Fsp3) is 0.269. The van der Waals surface area contributed by atoms with Gasteiger partial charge < -0.3 is 15.2 Å². The molecule has 214 valence electrons. The summed E-state index contributed by atoms with van der Waals surface area (Å²) in [6.07, 6.45) is -3.86. The third kappa shape index (κ3) is 6.33. The summed E-state index contributed by atoms with van der Waals surface area (Å²) < 4.78 is 113. The zero-order valence-electron chi connectivity index (χ0n) is 20.7. The van der Waals surface area contributed by atoms with Crippen molar-refractivity contribution in [1.29, 1.82) is 0 Å². The molecule has 0 aliphatic carbocycles. The van der Waals surface area contributed by atoms with Crippen LogP contribution in [0.4, 0.5) is 32.0 Å². The highest BCUT2D eigenvalue weighted by atomic mass is 32.2. The highest BCUT2D eigenvalue weighted by molar-refractivity contribution is 7.88. The number of piperidine rings is 1. The van der Waals surface area contributed by atoms with Gasteiger partial charge in [-0.05, 0) is 49.2 Å². The Labute approximate surface area is 225 Å². The van der Waals surface area contributed by atoms with Crippen LogP contribution in [0.1, 0.15) is 28.8 Å². The Morgan fingerprint density at radius 3 is 2.25 bits per heavy atom. The lowest BCUT2D eigenvalue weighted by Crippen LogP contribution is -2.41. The van der Waals surface area contributed by atoms with Gasteiger partial charge in [-0.25, -0.2) is 21.5 Å². The smallest absolute Gasteiger partial charge is 0.416 e. The molecule has 40 heavy (non-hydrogen) atoms. The average molecular weight is 589 g/mol. The molecule has 1 aliphatic heterocycles. The van der Waals surface area contributed by atoms with E-state index < -0.39 is 74.0 Å². The number of hydrogen-bond donors (Lipinski definition) is 2. The van der Waals surface area contributed by atoms with Crippen molar-refractivity contribution in [3.63, 3.8) is 0 Å². The van der Waals surface area contributed by atoms with Gasteiger partial charge in [-0.1, -0.05) is 6.07 Å². The first-order valence-corrected chi connectivity index (χ1v) is 13.6. The number of benzene rings is 3. The number of anilines is 1. The van der Waals surface area contributed by atoms with Crippen molar-refractivity contribution >= 4 is 21.6 Å². The Balaban J connectivity index is 1.59. The van der Waals surface area contributed by atoms with Gasteiger partial charge in [0, 0.05) is 36.0 Å². The van der Waals surface area contributed by atoms with E-state index in [0.717, 1.165) is 36.6 Å². The summed E-state index contributed by atoms with van der Waals surface area (Å²) >= 11 is 0. The average Bonchev–Trinajstić information content (AvgIpc) is 2.86. The second-order valence-corrected chi connectivity index (χ2v) is 11.1. The first-order chi connectivity index (χ1) is 18.6. The van der Waals surface area contributed by atoms with Crippen LogP contribution in [0.3, 0.4) is 0 Å². The van der Waals surface area contributed by atoms with Gasteiger partial charge in [-0.15, -0.1) is 0 Å². The molecule has 4 rings (SSSR count). The van der Waals surface area contributed by atoms with Crippen LogP contribution in [-0.2, 0) is 16.2 Å². The number of halogens is 6. The standard InChI is InChI=1S/C26H22F6N2O5S/c1-40(37,38)34-10-8-16(9-11-34)39-22-7-6-19(24(35)23(22)29)25(36)33-21-12-14(26(30,31)32)2-4-18(21)17-5-3-15(27)13-20(17)28/h2-7,12-13,16,35H,8-11H2,1H3,(H,33,36). The van der Waals surface area contributed by atoms with Crippen LogP contribution < -0.4 is 10.1 Å². The van der Waals surface area contributed by atoms with Crippen molar-refractivity contribution < 1.29 is 49.4 Å². The van der Waals surface area contributed by atoms with Gasteiger partial charge >= 0.3 is 6.18 Å². The van der Waals surface area contributed by atoms with E-state index in [1.807, 2.05) is 0 Å². The Kier molecular flexibility index (Phi) is 8.04. The zero-order chi connectivity index (χ0) is 29.4. The fourth-order valence-electron chi connectivity index (χ4n) is 4.24. The van der Waals surface area contributed by atoms with E-state index >= 15 is 0 Å². The van der Waals surface area contributed by atoms with Crippen molar-refractivity contribution in [2.75, 3.05) is 24.7 Å². The number of ether oxygens (including phenoxy) is 1. The maximum atomic E-state index is 14.9. The highest BCUT2D eigenvalue weighted by Gasteiger charge is 2.32. The molecule has 0 bridgehead atoms. The fourth-order valence-corrected chi connectivity index (χ4v) is 5.11. The summed E-state index contributed by atoms with van der Waals surface area (Å²) in [5, 5.41) is 12.5. The summed E-state index contributed by atoms with van der Waals surface area (Å²) in [5.74, 6) is -6.12. The number of phenols is 1. The van der Waals surface area contributed by atoms with Crippen LogP contribution in [0.2, 0.25) is 0 Å². The van der Waals surface area contributed by atoms with Crippen molar-refractivity contribution in [1.82, 2.24) is 4.31 Å². The maximum Gasteiger partial charge on any atom is 0.416 e. The predicted octanol–water partition coefficient (Wildman–Crippen LogP) is 5.55. The summed E-state index contributed by atoms with van der Waals surface area (Å²) in [6, 6.07) is 6.48. The molecule has 1 amide bonds. The first kappa shape index (κ1) is 29.2. The van der Waals surface area contributed by atoms with Gasteiger partial charge in [0.2, 0.25) is 15.8 Å². The molecule has 7 nitrogen and oxygen atoms in total. The molecule has 14 heteroatoms. The van der Waals surface area contributed by atoms with Crippen molar-refractivity contribution in [3.05, 3.63) is 77.1 Å². The Hall–Kier alpha value is -3.78. The van der Waals surface area contributed by atoms with Crippen LogP contribution >= 0.6 is 0 Å². The minimum atomic E-state index is -4.83. The number of carbonyl (C=O) groups is 1. The van der Waals surface area contributed by atoms with Crippen molar-refractivity contribution in [2.24, 2.45) is 0 Å².